The topological polar surface area (TPSA) is 61.3 Å². The van der Waals surface area contributed by atoms with Gasteiger partial charge in [-0.25, -0.2) is 0 Å². The standard InChI is InChI=1S/C18H22N4O2/c1-20-16-11-21(10-8-14(16)18(24)19-20)12-17(23)22-9-4-6-13-5-2-3-7-15(13)22/h2-3,5,7H,4,6,8-12H2,1H3,(H,19,24). The van der Waals surface area contributed by atoms with E-state index in [1.165, 1.54) is 5.56 Å². The minimum absolute atomic E-state index is 0.00318. The van der Waals surface area contributed by atoms with Gasteiger partial charge >= 0.3 is 0 Å². The lowest BCUT2D eigenvalue weighted by Crippen LogP contribution is -2.44. The number of carbonyl (C=O) groups excluding carboxylic acids is 1. The fourth-order valence-corrected chi connectivity index (χ4v) is 3.85. The number of amides is 1. The van der Waals surface area contributed by atoms with Crippen molar-refractivity contribution >= 4 is 11.6 Å². The van der Waals surface area contributed by atoms with Crippen LogP contribution in [0.3, 0.4) is 0 Å². The van der Waals surface area contributed by atoms with E-state index in [0.29, 0.717) is 19.5 Å². The molecule has 0 bridgehead atoms. The number of H-pyrrole nitrogens is 1. The van der Waals surface area contributed by atoms with Crippen molar-refractivity contribution in [2.24, 2.45) is 7.05 Å². The lowest BCUT2D eigenvalue weighted by molar-refractivity contribution is -0.120. The monoisotopic (exact) mass is 326 g/mol. The van der Waals surface area contributed by atoms with Crippen molar-refractivity contribution in [3.05, 3.63) is 51.4 Å². The molecular weight excluding hydrogens is 304 g/mol. The number of rotatable bonds is 2. The largest absolute Gasteiger partial charge is 0.311 e. The molecule has 6 heteroatoms. The molecule has 126 valence electrons. The first-order chi connectivity index (χ1) is 11.6. The molecular formula is C18H22N4O2. The number of nitrogens with one attached hydrogen (secondary N) is 1. The van der Waals surface area contributed by atoms with E-state index in [9.17, 15) is 9.59 Å². The summed E-state index contributed by atoms with van der Waals surface area (Å²) in [5.41, 5.74) is 4.18. The van der Waals surface area contributed by atoms with Crippen LogP contribution in [0.15, 0.2) is 29.1 Å². The smallest absolute Gasteiger partial charge is 0.267 e. The Labute approximate surface area is 140 Å². The summed E-state index contributed by atoms with van der Waals surface area (Å²) in [5.74, 6) is 0.145. The number of benzene rings is 1. The second-order valence-electron chi connectivity index (χ2n) is 6.66. The second-order valence-corrected chi connectivity index (χ2v) is 6.66. The summed E-state index contributed by atoms with van der Waals surface area (Å²) in [6.45, 7) is 2.58. The molecule has 2 aliphatic heterocycles. The lowest BCUT2D eigenvalue weighted by atomic mass is 10.0. The summed E-state index contributed by atoms with van der Waals surface area (Å²) in [7, 11) is 1.85. The van der Waals surface area contributed by atoms with Crippen LogP contribution in [0, 0.1) is 0 Å². The summed E-state index contributed by atoms with van der Waals surface area (Å²) in [4.78, 5) is 28.7. The quantitative estimate of drug-likeness (QED) is 0.897. The number of carbonyl (C=O) groups is 1. The van der Waals surface area contributed by atoms with E-state index < -0.39 is 0 Å². The number of anilines is 1. The molecule has 1 aromatic heterocycles. The van der Waals surface area contributed by atoms with E-state index in [4.69, 9.17) is 0 Å². The molecule has 1 aromatic carbocycles. The fourth-order valence-electron chi connectivity index (χ4n) is 3.85. The SMILES string of the molecule is Cn1[nH]c(=O)c2c1CN(CC(=O)N1CCCc3ccccc31)CC2. The molecule has 0 unspecified atom stereocenters. The zero-order chi connectivity index (χ0) is 16.7. The van der Waals surface area contributed by atoms with Crippen molar-refractivity contribution in [3.8, 4) is 0 Å². The van der Waals surface area contributed by atoms with E-state index in [-0.39, 0.29) is 11.5 Å². The Balaban J connectivity index is 1.50. The van der Waals surface area contributed by atoms with Gasteiger partial charge in [-0.3, -0.25) is 24.3 Å². The van der Waals surface area contributed by atoms with Gasteiger partial charge in [0.15, 0.2) is 0 Å². The van der Waals surface area contributed by atoms with Crippen LogP contribution in [-0.2, 0) is 31.2 Å². The van der Waals surface area contributed by atoms with Crippen LogP contribution < -0.4 is 10.5 Å². The predicted molar refractivity (Wildman–Crippen MR) is 92.1 cm³/mol. The van der Waals surface area contributed by atoms with Crippen LogP contribution in [0.25, 0.3) is 0 Å². The third-order valence-corrected chi connectivity index (χ3v) is 5.12. The molecule has 6 nitrogen and oxygen atoms in total. The van der Waals surface area contributed by atoms with Gasteiger partial charge in [-0.2, -0.15) is 0 Å². The fraction of sp³-hybridized carbons (Fsp3) is 0.444. The highest BCUT2D eigenvalue weighted by atomic mass is 16.2. The Morgan fingerprint density at radius 3 is 2.92 bits per heavy atom. The zero-order valence-corrected chi connectivity index (χ0v) is 13.9. The minimum Gasteiger partial charge on any atom is -0.311 e. The maximum Gasteiger partial charge on any atom is 0.267 e. The Kier molecular flexibility index (Phi) is 3.76. The molecule has 4 rings (SSSR count). The van der Waals surface area contributed by atoms with Crippen molar-refractivity contribution in [1.29, 1.82) is 0 Å². The van der Waals surface area contributed by atoms with Crippen molar-refractivity contribution < 1.29 is 4.79 Å². The summed E-state index contributed by atoms with van der Waals surface area (Å²) in [6, 6.07) is 8.17. The van der Waals surface area contributed by atoms with Crippen LogP contribution in [0.5, 0.6) is 0 Å². The van der Waals surface area contributed by atoms with Crippen LogP contribution in [0.1, 0.15) is 23.2 Å². The van der Waals surface area contributed by atoms with E-state index >= 15 is 0 Å². The first kappa shape index (κ1) is 15.2. The first-order valence-corrected chi connectivity index (χ1v) is 8.51. The van der Waals surface area contributed by atoms with Gasteiger partial charge in [-0.15, -0.1) is 0 Å². The second kappa shape index (κ2) is 5.94. The molecule has 0 saturated carbocycles. The van der Waals surface area contributed by atoms with E-state index in [2.05, 4.69) is 16.1 Å². The van der Waals surface area contributed by atoms with Crippen molar-refractivity contribution in [2.75, 3.05) is 24.5 Å². The molecule has 0 aliphatic carbocycles. The van der Waals surface area contributed by atoms with E-state index in [1.54, 1.807) is 4.68 Å². The average Bonchev–Trinajstić information content (AvgIpc) is 2.88. The van der Waals surface area contributed by atoms with Crippen LogP contribution >= 0.6 is 0 Å². The van der Waals surface area contributed by atoms with Gasteiger partial charge in [-0.1, -0.05) is 18.2 Å². The number of aryl methyl sites for hydroxylation is 2. The highest BCUT2D eigenvalue weighted by molar-refractivity contribution is 5.95. The Hall–Kier alpha value is -2.34. The number of aromatic amines is 1. The number of para-hydroxylation sites is 1. The Bertz CT molecular complexity index is 836. The molecule has 0 fully saturated rings. The molecule has 2 aliphatic rings. The first-order valence-electron chi connectivity index (χ1n) is 8.51. The molecule has 2 aromatic rings. The molecule has 0 spiro atoms. The number of aromatic nitrogens is 2. The third kappa shape index (κ3) is 2.57. The average molecular weight is 326 g/mol. The van der Waals surface area contributed by atoms with Gasteiger partial charge in [0, 0.05) is 37.9 Å². The maximum atomic E-state index is 12.8. The molecule has 24 heavy (non-hydrogen) atoms. The highest BCUT2D eigenvalue weighted by Gasteiger charge is 2.27. The van der Waals surface area contributed by atoms with E-state index in [0.717, 1.165) is 42.9 Å². The van der Waals surface area contributed by atoms with Crippen molar-refractivity contribution in [1.82, 2.24) is 14.7 Å². The van der Waals surface area contributed by atoms with Crippen LogP contribution in [0.2, 0.25) is 0 Å². The molecule has 0 saturated heterocycles. The van der Waals surface area contributed by atoms with Gasteiger partial charge in [-0.05, 0) is 30.9 Å². The number of nitrogens with zero attached hydrogens (tertiary/aromatic N) is 3. The summed E-state index contributed by atoms with van der Waals surface area (Å²) in [6.07, 6.45) is 2.76. The summed E-state index contributed by atoms with van der Waals surface area (Å²) < 4.78 is 1.78. The van der Waals surface area contributed by atoms with Gasteiger partial charge in [0.2, 0.25) is 5.91 Å². The van der Waals surface area contributed by atoms with Crippen molar-refractivity contribution in [3.63, 3.8) is 0 Å². The molecule has 3 heterocycles. The van der Waals surface area contributed by atoms with E-state index in [1.807, 2.05) is 30.1 Å². The van der Waals surface area contributed by atoms with Gasteiger partial charge in [0.05, 0.1) is 12.2 Å². The molecule has 0 atom stereocenters. The number of fused-ring (bicyclic) bond motifs is 2. The number of hydrogen-bond acceptors (Lipinski definition) is 3. The van der Waals surface area contributed by atoms with Crippen molar-refractivity contribution in [2.45, 2.75) is 25.8 Å². The summed E-state index contributed by atoms with van der Waals surface area (Å²) >= 11 is 0. The molecule has 1 N–H and O–H groups in total. The zero-order valence-electron chi connectivity index (χ0n) is 13.9. The number of hydrogen-bond donors (Lipinski definition) is 1. The Morgan fingerprint density at radius 2 is 2.04 bits per heavy atom. The predicted octanol–water partition coefficient (Wildman–Crippen LogP) is 1.05. The lowest BCUT2D eigenvalue weighted by Gasteiger charge is -2.33. The van der Waals surface area contributed by atoms with Crippen LogP contribution in [0.4, 0.5) is 5.69 Å². The maximum absolute atomic E-state index is 12.8. The normalized spacial score (nSPS) is 17.5. The third-order valence-electron chi connectivity index (χ3n) is 5.12. The summed E-state index contributed by atoms with van der Waals surface area (Å²) in [5, 5.41) is 2.81. The highest BCUT2D eigenvalue weighted by Crippen LogP contribution is 2.27. The molecule has 1 amide bonds. The minimum atomic E-state index is 0.00318. The van der Waals surface area contributed by atoms with Gasteiger partial charge < -0.3 is 4.90 Å². The Morgan fingerprint density at radius 1 is 1.21 bits per heavy atom. The molecule has 0 radical (unpaired) electrons. The van der Waals surface area contributed by atoms with Gasteiger partial charge in [0.25, 0.3) is 5.56 Å². The van der Waals surface area contributed by atoms with Crippen LogP contribution in [-0.4, -0.2) is 40.2 Å². The van der Waals surface area contributed by atoms with Gasteiger partial charge in [0.1, 0.15) is 0 Å².